The number of aliphatic hydroxyl groups excluding tert-OH is 1. The van der Waals surface area contributed by atoms with Crippen molar-refractivity contribution in [1.29, 1.82) is 0 Å². The van der Waals surface area contributed by atoms with Crippen molar-refractivity contribution in [1.82, 2.24) is 0 Å². The van der Waals surface area contributed by atoms with Crippen molar-refractivity contribution >= 4 is 27.5 Å². The number of alkyl halides is 2. The molecule has 4 heteroatoms. The lowest BCUT2D eigenvalue weighted by Crippen LogP contribution is -2.56. The van der Waals surface area contributed by atoms with E-state index in [1.165, 1.54) is 0 Å². The second-order valence-corrected chi connectivity index (χ2v) is 8.92. The minimum Gasteiger partial charge on any atom is -0.392 e. The molecular weight excluding hydrogens is 328 g/mol. The average molecular weight is 350 g/mol. The summed E-state index contributed by atoms with van der Waals surface area (Å²) in [5.74, 6) is 0. The molecule has 0 unspecified atom stereocenters. The molecule has 1 N–H and O–H groups in total. The second kappa shape index (κ2) is 3.79. The predicted molar refractivity (Wildman–Crippen MR) is 80.6 cm³/mol. The molecule has 0 aromatic carbocycles. The van der Waals surface area contributed by atoms with Gasteiger partial charge in [-0.25, -0.2) is 0 Å². The molecule has 1 aliphatic heterocycles. The molecule has 0 radical (unpaired) electrons. The van der Waals surface area contributed by atoms with E-state index in [0.717, 1.165) is 24.8 Å². The van der Waals surface area contributed by atoms with Crippen molar-refractivity contribution in [2.24, 2.45) is 10.8 Å². The van der Waals surface area contributed by atoms with E-state index in [1.54, 1.807) is 0 Å². The van der Waals surface area contributed by atoms with Crippen LogP contribution in [0.2, 0.25) is 0 Å². The Balaban J connectivity index is 2.00. The zero-order valence-electron chi connectivity index (χ0n) is 11.8. The first-order chi connectivity index (χ1) is 8.58. The summed E-state index contributed by atoms with van der Waals surface area (Å²) in [6, 6.07) is 0. The highest BCUT2D eigenvalue weighted by Crippen LogP contribution is 2.71. The smallest absolute Gasteiger partial charge is 0.172 e. The number of hydrogen-bond donors (Lipinski definition) is 1. The van der Waals surface area contributed by atoms with Crippen LogP contribution in [-0.2, 0) is 4.74 Å². The second-order valence-electron chi connectivity index (χ2n) is 7.32. The van der Waals surface area contributed by atoms with E-state index in [4.69, 9.17) is 16.3 Å². The van der Waals surface area contributed by atoms with Gasteiger partial charge in [0.1, 0.15) is 5.60 Å². The number of epoxide rings is 1. The van der Waals surface area contributed by atoms with Crippen molar-refractivity contribution in [3.05, 3.63) is 12.2 Å². The Morgan fingerprint density at radius 1 is 1.37 bits per heavy atom. The summed E-state index contributed by atoms with van der Waals surface area (Å²) < 4.78 is 5.83. The molecule has 2 aliphatic carbocycles. The highest BCUT2D eigenvalue weighted by atomic mass is 79.9. The van der Waals surface area contributed by atoms with Gasteiger partial charge in [-0.1, -0.05) is 53.5 Å². The van der Waals surface area contributed by atoms with Crippen molar-refractivity contribution in [2.45, 2.75) is 68.0 Å². The monoisotopic (exact) mass is 348 g/mol. The lowest BCUT2D eigenvalue weighted by Gasteiger charge is -2.58. The van der Waals surface area contributed by atoms with Gasteiger partial charge in [0.25, 0.3) is 0 Å². The molecule has 1 spiro atoms. The van der Waals surface area contributed by atoms with Crippen LogP contribution in [0.3, 0.4) is 0 Å². The van der Waals surface area contributed by atoms with Crippen LogP contribution < -0.4 is 0 Å². The molecule has 0 amide bonds. The van der Waals surface area contributed by atoms with E-state index in [-0.39, 0.29) is 27.4 Å². The van der Waals surface area contributed by atoms with E-state index < -0.39 is 5.06 Å². The van der Waals surface area contributed by atoms with Crippen LogP contribution in [0.15, 0.2) is 12.2 Å². The highest BCUT2D eigenvalue weighted by molar-refractivity contribution is 9.09. The summed E-state index contributed by atoms with van der Waals surface area (Å²) in [4.78, 5) is 0.0638. The molecule has 2 nitrogen and oxygen atoms in total. The molecule has 0 aromatic rings. The maximum atomic E-state index is 10.2. The van der Waals surface area contributed by atoms with E-state index >= 15 is 0 Å². The standard InChI is InChI=1S/C15H22BrClO2/c1-9-7-10(18)11(16)12(2,3)14(9)6-5-13(4)15(17,8-14)19-13/h10-11,18H,1,5-8H2,2-4H3/t10-,11-,13-,14+,15+/m0/s1. The van der Waals surface area contributed by atoms with Gasteiger partial charge in [-0.3, -0.25) is 0 Å². The quantitative estimate of drug-likeness (QED) is 0.407. The first-order valence-corrected chi connectivity index (χ1v) is 8.27. The third kappa shape index (κ3) is 1.62. The third-order valence-electron chi connectivity index (χ3n) is 6.09. The fraction of sp³-hybridized carbons (Fsp3) is 0.867. The Morgan fingerprint density at radius 3 is 2.58 bits per heavy atom. The Labute approximate surface area is 128 Å². The molecule has 0 aromatic heterocycles. The van der Waals surface area contributed by atoms with Crippen molar-refractivity contribution in [2.75, 3.05) is 0 Å². The maximum Gasteiger partial charge on any atom is 0.172 e. The molecule has 1 heterocycles. The molecular formula is C15H22BrClO2. The van der Waals surface area contributed by atoms with Crippen LogP contribution in [0.25, 0.3) is 0 Å². The molecule has 0 bridgehead atoms. The van der Waals surface area contributed by atoms with Gasteiger partial charge < -0.3 is 9.84 Å². The van der Waals surface area contributed by atoms with Gasteiger partial charge >= 0.3 is 0 Å². The number of rotatable bonds is 0. The molecule has 1 saturated heterocycles. The van der Waals surface area contributed by atoms with Crippen LogP contribution in [-0.4, -0.2) is 26.7 Å². The number of fused-ring (bicyclic) bond motifs is 1. The van der Waals surface area contributed by atoms with Crippen molar-refractivity contribution in [3.8, 4) is 0 Å². The minimum absolute atomic E-state index is 0.0435. The number of aliphatic hydroxyl groups is 1. The van der Waals surface area contributed by atoms with Crippen molar-refractivity contribution < 1.29 is 9.84 Å². The SMILES string of the molecule is C=C1C[C@H](O)[C@H](Br)C(C)(C)[C@@]12CC[C@]1(C)O[C@]1(Cl)C2. The van der Waals surface area contributed by atoms with Gasteiger partial charge in [-0.2, -0.15) is 0 Å². The topological polar surface area (TPSA) is 32.8 Å². The summed E-state index contributed by atoms with van der Waals surface area (Å²) in [6.45, 7) is 10.8. The van der Waals surface area contributed by atoms with Gasteiger partial charge in [0.05, 0.1) is 6.10 Å². The lowest BCUT2D eigenvalue weighted by molar-refractivity contribution is -0.0167. The number of halogens is 2. The summed E-state index contributed by atoms with van der Waals surface area (Å²) in [5, 5.41) is 9.69. The third-order valence-corrected chi connectivity index (χ3v) is 8.45. The molecule has 108 valence electrons. The molecule has 3 aliphatic rings. The van der Waals surface area contributed by atoms with E-state index in [9.17, 15) is 5.11 Å². The fourth-order valence-electron chi connectivity index (χ4n) is 4.32. The lowest BCUT2D eigenvalue weighted by atomic mass is 9.49. The van der Waals surface area contributed by atoms with Crippen molar-refractivity contribution in [3.63, 3.8) is 0 Å². The van der Waals surface area contributed by atoms with Gasteiger partial charge in [-0.15, -0.1) is 0 Å². The van der Waals surface area contributed by atoms with Crippen LogP contribution in [0, 0.1) is 10.8 Å². The zero-order valence-corrected chi connectivity index (χ0v) is 14.1. The average Bonchev–Trinajstić information content (AvgIpc) is 2.87. The fourth-order valence-corrected chi connectivity index (χ4v) is 5.44. The predicted octanol–water partition coefficient (Wildman–Crippen LogP) is 3.99. The molecule has 5 atom stereocenters. The Kier molecular flexibility index (Phi) is 2.87. The van der Waals surface area contributed by atoms with Gasteiger partial charge in [0.2, 0.25) is 0 Å². The molecule has 3 rings (SSSR count). The first kappa shape index (κ1) is 14.4. The summed E-state index contributed by atoms with van der Waals surface area (Å²) in [5.41, 5.74) is 0.849. The summed E-state index contributed by atoms with van der Waals surface area (Å²) in [7, 11) is 0. The summed E-state index contributed by atoms with van der Waals surface area (Å²) >= 11 is 10.3. The van der Waals surface area contributed by atoms with Gasteiger partial charge in [-0.05, 0) is 31.6 Å². The maximum absolute atomic E-state index is 10.2. The minimum atomic E-state index is -0.527. The Hall–Kier alpha value is 0.430. The number of ether oxygens (including phenoxy) is 1. The zero-order chi connectivity index (χ0) is 14.3. The van der Waals surface area contributed by atoms with E-state index in [0.29, 0.717) is 6.42 Å². The molecule has 2 saturated carbocycles. The largest absolute Gasteiger partial charge is 0.392 e. The Bertz CT molecular complexity index is 451. The van der Waals surface area contributed by atoms with Crippen LogP contribution in [0.5, 0.6) is 0 Å². The first-order valence-electron chi connectivity index (χ1n) is 6.98. The van der Waals surface area contributed by atoms with Gasteiger partial charge in [0, 0.05) is 16.7 Å². The van der Waals surface area contributed by atoms with Crippen LogP contribution in [0.4, 0.5) is 0 Å². The number of hydrogen-bond acceptors (Lipinski definition) is 2. The van der Waals surface area contributed by atoms with E-state index in [2.05, 4.69) is 43.3 Å². The summed E-state index contributed by atoms with van der Waals surface area (Å²) in [6.07, 6.45) is 3.10. The van der Waals surface area contributed by atoms with Gasteiger partial charge in [0.15, 0.2) is 5.06 Å². The Morgan fingerprint density at radius 2 is 2.00 bits per heavy atom. The van der Waals surface area contributed by atoms with Crippen LogP contribution in [0.1, 0.15) is 46.5 Å². The highest BCUT2D eigenvalue weighted by Gasteiger charge is 2.74. The normalized spacial score (nSPS) is 56.0. The molecule has 19 heavy (non-hydrogen) atoms. The van der Waals surface area contributed by atoms with E-state index in [1.807, 2.05) is 0 Å². The van der Waals surface area contributed by atoms with Crippen LogP contribution >= 0.6 is 27.5 Å². The molecule has 3 fully saturated rings.